The van der Waals surface area contributed by atoms with Crippen molar-refractivity contribution in [2.75, 3.05) is 0 Å². The normalized spacial score (nSPS) is 11.7. The molecule has 1 atom stereocenters. The van der Waals surface area contributed by atoms with Gasteiger partial charge in [0, 0.05) is 10.9 Å². The summed E-state index contributed by atoms with van der Waals surface area (Å²) in [4.78, 5) is 23.3. The lowest BCUT2D eigenvalue weighted by Crippen LogP contribution is -2.42. The number of carboxylic acid groups (broad SMARTS) is 1. The number of carbonyl (C=O) groups excluding carboxylic acids is 1. The lowest BCUT2D eigenvalue weighted by molar-refractivity contribution is -0.139. The molecular weight excluding hydrogens is 353 g/mol. The van der Waals surface area contributed by atoms with Crippen molar-refractivity contribution in [1.29, 1.82) is 0 Å². The van der Waals surface area contributed by atoms with Crippen molar-refractivity contribution in [3.05, 3.63) is 69.9 Å². The lowest BCUT2D eigenvalue weighted by Gasteiger charge is -2.15. The van der Waals surface area contributed by atoms with Crippen molar-refractivity contribution in [2.24, 2.45) is 0 Å². The Kier molecular flexibility index (Phi) is 5.27. The molecule has 0 aliphatic carbocycles. The van der Waals surface area contributed by atoms with Gasteiger partial charge in [-0.15, -0.1) is 0 Å². The van der Waals surface area contributed by atoms with Gasteiger partial charge in [0.2, 0.25) is 0 Å². The van der Waals surface area contributed by atoms with Crippen molar-refractivity contribution >= 4 is 27.8 Å². The quantitative estimate of drug-likeness (QED) is 0.855. The molecule has 0 unspecified atom stereocenters. The Labute approximate surface area is 135 Å². The minimum absolute atomic E-state index is 0.106. The maximum Gasteiger partial charge on any atom is 0.326 e. The largest absolute Gasteiger partial charge is 0.480 e. The number of benzene rings is 2. The first-order valence-electron chi connectivity index (χ1n) is 6.50. The summed E-state index contributed by atoms with van der Waals surface area (Å²) in [6.45, 7) is 0. The summed E-state index contributed by atoms with van der Waals surface area (Å²) in [6, 6.07) is 11.4. The van der Waals surface area contributed by atoms with Gasteiger partial charge in [0.25, 0.3) is 5.91 Å². The summed E-state index contributed by atoms with van der Waals surface area (Å²) in [5.74, 6) is -2.61. The Hall–Kier alpha value is -2.21. The molecule has 0 spiro atoms. The molecule has 0 aliphatic rings. The number of amides is 1. The number of aliphatic carboxylic acids is 1. The summed E-state index contributed by atoms with van der Waals surface area (Å²) in [5, 5.41) is 11.6. The van der Waals surface area contributed by atoms with E-state index < -0.39 is 23.7 Å². The molecule has 22 heavy (non-hydrogen) atoms. The average Bonchev–Trinajstić information content (AvgIpc) is 2.46. The Morgan fingerprint density at radius 1 is 1.18 bits per heavy atom. The van der Waals surface area contributed by atoms with Gasteiger partial charge in [-0.25, -0.2) is 9.18 Å². The third-order valence-corrected chi connectivity index (χ3v) is 3.54. The van der Waals surface area contributed by atoms with E-state index in [1.807, 2.05) is 6.07 Å². The van der Waals surface area contributed by atoms with E-state index in [1.165, 1.54) is 18.2 Å². The third kappa shape index (κ3) is 4.14. The fourth-order valence-corrected chi connectivity index (χ4v) is 2.43. The molecular formula is C16H13BrFNO3. The van der Waals surface area contributed by atoms with Crippen LogP contribution < -0.4 is 5.32 Å². The zero-order valence-corrected chi connectivity index (χ0v) is 13.0. The Bertz CT molecular complexity index is 705. The number of carbonyl (C=O) groups is 2. The van der Waals surface area contributed by atoms with Crippen LogP contribution in [0.4, 0.5) is 4.39 Å². The van der Waals surface area contributed by atoms with Crippen LogP contribution in [0.15, 0.2) is 53.0 Å². The molecule has 2 aromatic carbocycles. The zero-order chi connectivity index (χ0) is 16.1. The number of carboxylic acids is 1. The molecule has 0 aromatic heterocycles. The second-order valence-corrected chi connectivity index (χ2v) is 5.59. The van der Waals surface area contributed by atoms with Crippen molar-refractivity contribution in [3.8, 4) is 0 Å². The van der Waals surface area contributed by atoms with Gasteiger partial charge in [0.05, 0.1) is 5.56 Å². The molecule has 2 rings (SSSR count). The van der Waals surface area contributed by atoms with Gasteiger partial charge in [-0.2, -0.15) is 0 Å². The fraction of sp³-hybridized carbons (Fsp3) is 0.125. The van der Waals surface area contributed by atoms with E-state index in [0.717, 1.165) is 16.1 Å². The highest BCUT2D eigenvalue weighted by Crippen LogP contribution is 2.14. The van der Waals surface area contributed by atoms with E-state index in [1.54, 1.807) is 18.2 Å². The summed E-state index contributed by atoms with van der Waals surface area (Å²) >= 11 is 3.30. The van der Waals surface area contributed by atoms with Crippen LogP contribution >= 0.6 is 15.9 Å². The van der Waals surface area contributed by atoms with Gasteiger partial charge in [-0.1, -0.05) is 40.2 Å². The standard InChI is InChI=1S/C16H13BrFNO3/c17-11-5-3-4-10(8-11)9-14(16(21)22)19-15(20)12-6-1-2-7-13(12)18/h1-8,14H,9H2,(H,19,20)(H,21,22)/t14-/m1/s1. The van der Waals surface area contributed by atoms with Crippen molar-refractivity contribution in [1.82, 2.24) is 5.32 Å². The molecule has 1 amide bonds. The van der Waals surface area contributed by atoms with Gasteiger partial charge in [0.1, 0.15) is 11.9 Å². The van der Waals surface area contributed by atoms with Gasteiger partial charge < -0.3 is 10.4 Å². The first kappa shape index (κ1) is 16.2. The molecule has 0 saturated heterocycles. The second kappa shape index (κ2) is 7.17. The van der Waals surface area contributed by atoms with Crippen LogP contribution in [0.2, 0.25) is 0 Å². The maximum atomic E-state index is 13.6. The Balaban J connectivity index is 2.14. The van der Waals surface area contributed by atoms with E-state index in [4.69, 9.17) is 0 Å². The van der Waals surface area contributed by atoms with Crippen molar-refractivity contribution in [3.63, 3.8) is 0 Å². The molecule has 0 fully saturated rings. The number of halogens is 2. The van der Waals surface area contributed by atoms with Crippen molar-refractivity contribution < 1.29 is 19.1 Å². The molecule has 0 radical (unpaired) electrons. The van der Waals surface area contributed by atoms with Crippen LogP contribution in [0.5, 0.6) is 0 Å². The summed E-state index contributed by atoms with van der Waals surface area (Å²) < 4.78 is 14.4. The van der Waals surface area contributed by atoms with Crippen LogP contribution in [0.25, 0.3) is 0 Å². The van der Waals surface area contributed by atoms with Crippen LogP contribution in [-0.2, 0) is 11.2 Å². The van der Waals surface area contributed by atoms with Crippen molar-refractivity contribution in [2.45, 2.75) is 12.5 Å². The van der Waals surface area contributed by atoms with Gasteiger partial charge in [-0.05, 0) is 29.8 Å². The predicted octanol–water partition coefficient (Wildman–Crippen LogP) is 3.01. The maximum absolute atomic E-state index is 13.6. The van der Waals surface area contributed by atoms with E-state index in [2.05, 4.69) is 21.2 Å². The summed E-state index contributed by atoms with van der Waals surface area (Å²) in [6.07, 6.45) is 0.106. The Morgan fingerprint density at radius 2 is 1.91 bits per heavy atom. The molecule has 114 valence electrons. The van der Waals surface area contributed by atoms with E-state index >= 15 is 0 Å². The topological polar surface area (TPSA) is 66.4 Å². The molecule has 2 N–H and O–H groups in total. The van der Waals surface area contributed by atoms with Gasteiger partial charge in [-0.3, -0.25) is 4.79 Å². The van der Waals surface area contributed by atoms with Crippen LogP contribution in [0.3, 0.4) is 0 Å². The van der Waals surface area contributed by atoms with Gasteiger partial charge in [0.15, 0.2) is 0 Å². The highest BCUT2D eigenvalue weighted by atomic mass is 79.9. The van der Waals surface area contributed by atoms with E-state index in [9.17, 15) is 19.1 Å². The van der Waals surface area contributed by atoms with E-state index in [0.29, 0.717) is 0 Å². The molecule has 4 nitrogen and oxygen atoms in total. The number of nitrogens with one attached hydrogen (secondary N) is 1. The Morgan fingerprint density at radius 3 is 2.55 bits per heavy atom. The SMILES string of the molecule is O=C(N[C@H](Cc1cccc(Br)c1)C(=O)O)c1ccccc1F. The van der Waals surface area contributed by atoms with Gasteiger partial charge >= 0.3 is 5.97 Å². The molecule has 0 bridgehead atoms. The molecule has 0 saturated carbocycles. The predicted molar refractivity (Wildman–Crippen MR) is 83.1 cm³/mol. The monoisotopic (exact) mass is 365 g/mol. The van der Waals surface area contributed by atoms with Crippen LogP contribution in [0.1, 0.15) is 15.9 Å². The average molecular weight is 366 g/mol. The minimum atomic E-state index is -1.18. The highest BCUT2D eigenvalue weighted by Gasteiger charge is 2.22. The summed E-state index contributed by atoms with van der Waals surface area (Å²) in [7, 11) is 0. The summed E-state index contributed by atoms with van der Waals surface area (Å²) in [5.41, 5.74) is 0.568. The molecule has 2 aromatic rings. The highest BCUT2D eigenvalue weighted by molar-refractivity contribution is 9.10. The molecule has 0 aliphatic heterocycles. The third-order valence-electron chi connectivity index (χ3n) is 3.05. The number of hydrogen-bond donors (Lipinski definition) is 2. The smallest absolute Gasteiger partial charge is 0.326 e. The minimum Gasteiger partial charge on any atom is -0.480 e. The number of rotatable bonds is 5. The van der Waals surface area contributed by atoms with Crippen LogP contribution in [0, 0.1) is 5.82 Å². The second-order valence-electron chi connectivity index (χ2n) is 4.68. The fourth-order valence-electron chi connectivity index (χ4n) is 1.98. The number of hydrogen-bond acceptors (Lipinski definition) is 2. The van der Waals surface area contributed by atoms with E-state index in [-0.39, 0.29) is 12.0 Å². The first-order chi connectivity index (χ1) is 10.5. The first-order valence-corrected chi connectivity index (χ1v) is 7.29. The van der Waals surface area contributed by atoms with Crippen LogP contribution in [-0.4, -0.2) is 23.0 Å². The zero-order valence-electron chi connectivity index (χ0n) is 11.4. The lowest BCUT2D eigenvalue weighted by atomic mass is 10.1. The molecule has 0 heterocycles. The molecule has 6 heteroatoms.